The zero-order valence-corrected chi connectivity index (χ0v) is 13.2. The maximum atomic E-state index is 2.65. The van der Waals surface area contributed by atoms with Crippen LogP contribution in [0.2, 0.25) is 0 Å². The third kappa shape index (κ3) is 4.25. The predicted molar refractivity (Wildman–Crippen MR) is 85.9 cm³/mol. The van der Waals surface area contributed by atoms with Gasteiger partial charge in [-0.15, -0.1) is 11.8 Å². The van der Waals surface area contributed by atoms with E-state index >= 15 is 0 Å². The molecule has 1 aliphatic heterocycles. The van der Waals surface area contributed by atoms with Gasteiger partial charge in [-0.05, 0) is 43.5 Å². The highest BCUT2D eigenvalue weighted by Crippen LogP contribution is 2.37. The van der Waals surface area contributed by atoms with Crippen LogP contribution in [0, 0.1) is 5.41 Å². The molecule has 0 unspecified atom stereocenters. The molecule has 106 valence electrons. The molecule has 1 nitrogen and oxygen atoms in total. The van der Waals surface area contributed by atoms with Crippen LogP contribution in [0.25, 0.3) is 0 Å². The molecule has 1 aliphatic rings. The molecule has 2 rings (SSSR count). The summed E-state index contributed by atoms with van der Waals surface area (Å²) in [5.41, 5.74) is 0.656. The zero-order valence-electron chi connectivity index (χ0n) is 12.4. The Kier molecular flexibility index (Phi) is 5.77. The van der Waals surface area contributed by atoms with Crippen molar-refractivity contribution in [2.45, 2.75) is 44.4 Å². The van der Waals surface area contributed by atoms with Gasteiger partial charge in [-0.2, -0.15) is 0 Å². The minimum Gasteiger partial charge on any atom is -0.302 e. The summed E-state index contributed by atoms with van der Waals surface area (Å²) in [7, 11) is 0. The first-order valence-electron chi connectivity index (χ1n) is 7.68. The number of likely N-dealkylation sites (tertiary alicyclic amines) is 1. The Morgan fingerprint density at radius 3 is 2.26 bits per heavy atom. The van der Waals surface area contributed by atoms with Crippen LogP contribution in [-0.4, -0.2) is 30.3 Å². The van der Waals surface area contributed by atoms with Gasteiger partial charge in [0.2, 0.25) is 0 Å². The second kappa shape index (κ2) is 7.35. The molecule has 0 amide bonds. The highest BCUT2D eigenvalue weighted by atomic mass is 32.2. The number of benzene rings is 1. The van der Waals surface area contributed by atoms with Crippen molar-refractivity contribution in [3.8, 4) is 0 Å². The van der Waals surface area contributed by atoms with Crippen molar-refractivity contribution in [2.75, 3.05) is 25.4 Å². The van der Waals surface area contributed by atoms with Crippen molar-refractivity contribution in [3.63, 3.8) is 0 Å². The van der Waals surface area contributed by atoms with E-state index in [-0.39, 0.29) is 0 Å². The van der Waals surface area contributed by atoms with E-state index in [1.807, 2.05) is 11.8 Å². The Labute approximate surface area is 122 Å². The summed E-state index contributed by atoms with van der Waals surface area (Å²) in [6.07, 6.45) is 5.51. The molecule has 2 heteroatoms. The summed E-state index contributed by atoms with van der Waals surface area (Å²) in [5.74, 6) is 1.22. The first-order valence-corrected chi connectivity index (χ1v) is 8.67. The SMILES string of the molecule is CCC1(CC)CCN(CCSc2ccccc2)CC1. The van der Waals surface area contributed by atoms with E-state index in [0.29, 0.717) is 5.41 Å². The number of rotatable bonds is 6. The van der Waals surface area contributed by atoms with E-state index in [2.05, 4.69) is 49.1 Å². The lowest BCUT2D eigenvalue weighted by molar-refractivity contribution is 0.100. The smallest absolute Gasteiger partial charge is 0.0108 e. The zero-order chi connectivity index (χ0) is 13.6. The largest absolute Gasteiger partial charge is 0.302 e. The lowest BCUT2D eigenvalue weighted by Crippen LogP contribution is -2.40. The van der Waals surface area contributed by atoms with Crippen molar-refractivity contribution in [1.82, 2.24) is 4.90 Å². The van der Waals surface area contributed by atoms with Crippen LogP contribution in [0.3, 0.4) is 0 Å². The fourth-order valence-corrected chi connectivity index (χ4v) is 3.95. The third-order valence-electron chi connectivity index (χ3n) is 4.84. The lowest BCUT2D eigenvalue weighted by Gasteiger charge is -2.41. The van der Waals surface area contributed by atoms with E-state index in [1.54, 1.807) is 0 Å². The topological polar surface area (TPSA) is 3.24 Å². The molecule has 1 heterocycles. The monoisotopic (exact) mass is 277 g/mol. The van der Waals surface area contributed by atoms with Gasteiger partial charge in [0.1, 0.15) is 0 Å². The van der Waals surface area contributed by atoms with E-state index < -0.39 is 0 Å². The summed E-state index contributed by atoms with van der Waals surface area (Å²) in [5, 5.41) is 0. The number of thioether (sulfide) groups is 1. The average Bonchev–Trinajstić information content (AvgIpc) is 2.49. The molecule has 0 aliphatic carbocycles. The fraction of sp³-hybridized carbons (Fsp3) is 0.647. The number of nitrogens with zero attached hydrogens (tertiary/aromatic N) is 1. The van der Waals surface area contributed by atoms with Crippen molar-refractivity contribution in [2.24, 2.45) is 5.41 Å². The van der Waals surface area contributed by atoms with Crippen molar-refractivity contribution in [1.29, 1.82) is 0 Å². The third-order valence-corrected chi connectivity index (χ3v) is 5.83. The standard InChI is InChI=1S/C17H27NS/c1-3-17(4-2)10-12-18(13-11-17)14-15-19-16-8-6-5-7-9-16/h5-9H,3-4,10-15H2,1-2H3. The Bertz CT molecular complexity index is 349. The Morgan fingerprint density at radius 1 is 1.05 bits per heavy atom. The predicted octanol–water partition coefficient (Wildman–Crippen LogP) is 4.68. The lowest BCUT2D eigenvalue weighted by atomic mass is 9.74. The Balaban J connectivity index is 1.69. The molecule has 1 aromatic rings. The maximum Gasteiger partial charge on any atom is 0.0108 e. The molecule has 0 atom stereocenters. The molecule has 19 heavy (non-hydrogen) atoms. The Hall–Kier alpha value is -0.470. The second-order valence-electron chi connectivity index (χ2n) is 5.71. The van der Waals surface area contributed by atoms with Gasteiger partial charge in [-0.1, -0.05) is 44.9 Å². The maximum absolute atomic E-state index is 2.65. The summed E-state index contributed by atoms with van der Waals surface area (Å²) in [4.78, 5) is 4.05. The molecule has 0 bridgehead atoms. The van der Waals surface area contributed by atoms with Gasteiger partial charge in [0.15, 0.2) is 0 Å². The summed E-state index contributed by atoms with van der Waals surface area (Å²) in [6.45, 7) is 8.58. The first-order chi connectivity index (χ1) is 9.28. The van der Waals surface area contributed by atoms with Crippen LogP contribution in [0.4, 0.5) is 0 Å². The average molecular weight is 277 g/mol. The van der Waals surface area contributed by atoms with E-state index in [9.17, 15) is 0 Å². The van der Waals surface area contributed by atoms with E-state index in [0.717, 1.165) is 0 Å². The minimum absolute atomic E-state index is 0.656. The van der Waals surface area contributed by atoms with Crippen LogP contribution in [0.1, 0.15) is 39.5 Å². The molecular weight excluding hydrogens is 250 g/mol. The van der Waals surface area contributed by atoms with Gasteiger partial charge in [0, 0.05) is 17.2 Å². The fourth-order valence-electron chi connectivity index (χ4n) is 3.02. The Morgan fingerprint density at radius 2 is 1.68 bits per heavy atom. The van der Waals surface area contributed by atoms with Crippen molar-refractivity contribution in [3.05, 3.63) is 30.3 Å². The number of piperidine rings is 1. The normalized spacial score (nSPS) is 19.5. The van der Waals surface area contributed by atoms with Gasteiger partial charge in [0.05, 0.1) is 0 Å². The quantitative estimate of drug-likeness (QED) is 0.695. The van der Waals surface area contributed by atoms with Gasteiger partial charge in [0.25, 0.3) is 0 Å². The van der Waals surface area contributed by atoms with Crippen LogP contribution < -0.4 is 0 Å². The molecule has 0 saturated carbocycles. The summed E-state index contributed by atoms with van der Waals surface area (Å²) >= 11 is 1.98. The van der Waals surface area contributed by atoms with Crippen LogP contribution in [-0.2, 0) is 0 Å². The van der Waals surface area contributed by atoms with Gasteiger partial charge in [-0.25, -0.2) is 0 Å². The molecule has 0 aromatic heterocycles. The minimum atomic E-state index is 0.656. The molecule has 1 fully saturated rings. The van der Waals surface area contributed by atoms with E-state index in [4.69, 9.17) is 0 Å². The molecular formula is C17H27NS. The van der Waals surface area contributed by atoms with Crippen LogP contribution in [0.5, 0.6) is 0 Å². The molecule has 0 N–H and O–H groups in total. The first kappa shape index (κ1) is 14.9. The van der Waals surface area contributed by atoms with Gasteiger partial charge < -0.3 is 4.90 Å². The van der Waals surface area contributed by atoms with E-state index in [1.165, 1.54) is 56.0 Å². The van der Waals surface area contributed by atoms with Crippen molar-refractivity contribution < 1.29 is 0 Å². The number of hydrogen-bond acceptors (Lipinski definition) is 2. The van der Waals surface area contributed by atoms with Crippen LogP contribution >= 0.6 is 11.8 Å². The highest BCUT2D eigenvalue weighted by molar-refractivity contribution is 7.99. The second-order valence-corrected chi connectivity index (χ2v) is 6.88. The molecule has 1 aromatic carbocycles. The molecule has 0 spiro atoms. The number of hydrogen-bond donors (Lipinski definition) is 0. The van der Waals surface area contributed by atoms with Crippen LogP contribution in [0.15, 0.2) is 35.2 Å². The highest BCUT2D eigenvalue weighted by Gasteiger charge is 2.30. The van der Waals surface area contributed by atoms with Crippen molar-refractivity contribution >= 4 is 11.8 Å². The molecule has 0 radical (unpaired) electrons. The summed E-state index contributed by atoms with van der Waals surface area (Å²) < 4.78 is 0. The molecule has 1 saturated heterocycles. The van der Waals surface area contributed by atoms with Gasteiger partial charge >= 0.3 is 0 Å². The summed E-state index contributed by atoms with van der Waals surface area (Å²) in [6, 6.07) is 10.8. The van der Waals surface area contributed by atoms with Gasteiger partial charge in [-0.3, -0.25) is 0 Å².